The fraction of sp³-hybridized carbons (Fsp3) is 0.684. The average molecular weight is 341 g/mol. The Kier molecular flexibility index (Phi) is 11.2. The molecule has 0 saturated heterocycles. The van der Waals surface area contributed by atoms with Gasteiger partial charge in [-0.15, -0.1) is 0 Å². The fourth-order valence-electron chi connectivity index (χ4n) is 2.47. The molecule has 0 aliphatic heterocycles. The van der Waals surface area contributed by atoms with Gasteiger partial charge in [-0.3, -0.25) is 9.59 Å². The first-order valence-electron chi connectivity index (χ1n) is 8.42. The van der Waals surface area contributed by atoms with E-state index in [1.165, 1.54) is 11.8 Å². The molecule has 0 heterocycles. The van der Waals surface area contributed by atoms with Crippen molar-refractivity contribution in [3.8, 4) is 0 Å². The zero-order valence-corrected chi connectivity index (χ0v) is 16.2. The number of carbonyl (C=O) groups is 2. The van der Waals surface area contributed by atoms with Crippen molar-refractivity contribution >= 4 is 22.7 Å². The number of allylic oxidation sites excluding steroid dienone is 3. The van der Waals surface area contributed by atoms with E-state index in [1.54, 1.807) is 18.4 Å². The lowest BCUT2D eigenvalue weighted by Crippen LogP contribution is -2.18. The van der Waals surface area contributed by atoms with Gasteiger partial charge in [0.1, 0.15) is 0 Å². The number of carbonyl (C=O) groups excluding carboxylic acids is 2. The largest absolute Gasteiger partial charge is 0.393 e. The number of rotatable bonds is 10. The first-order valence-corrected chi connectivity index (χ1v) is 9.65. The summed E-state index contributed by atoms with van der Waals surface area (Å²) in [4.78, 5) is 24.0. The van der Waals surface area contributed by atoms with E-state index in [2.05, 4.69) is 0 Å². The first-order chi connectivity index (χ1) is 10.8. The minimum absolute atomic E-state index is 0.0475. The number of thioether (sulfide) groups is 1. The zero-order chi connectivity index (χ0) is 18.0. The summed E-state index contributed by atoms with van der Waals surface area (Å²) >= 11 is 1.24. The molecule has 0 fully saturated rings. The Morgan fingerprint density at radius 2 is 1.74 bits per heavy atom. The second kappa shape index (κ2) is 11.6. The van der Waals surface area contributed by atoms with Crippen LogP contribution in [0.5, 0.6) is 0 Å². The van der Waals surface area contributed by atoms with Gasteiger partial charge in [-0.25, -0.2) is 0 Å². The van der Waals surface area contributed by atoms with E-state index in [-0.39, 0.29) is 34.8 Å². The van der Waals surface area contributed by atoms with Gasteiger partial charge in [-0.1, -0.05) is 57.2 Å². The lowest BCUT2D eigenvalue weighted by molar-refractivity contribution is -0.119. The molecule has 0 spiro atoms. The Morgan fingerprint density at radius 1 is 1.13 bits per heavy atom. The number of hydrogen-bond donors (Lipinski definition) is 1. The summed E-state index contributed by atoms with van der Waals surface area (Å²) < 4.78 is 0. The molecule has 0 radical (unpaired) electrons. The van der Waals surface area contributed by atoms with Gasteiger partial charge in [-0.2, -0.15) is 0 Å². The van der Waals surface area contributed by atoms with E-state index in [4.69, 9.17) is 0 Å². The predicted molar refractivity (Wildman–Crippen MR) is 99.4 cm³/mol. The molecule has 23 heavy (non-hydrogen) atoms. The van der Waals surface area contributed by atoms with Gasteiger partial charge in [0.05, 0.1) is 6.10 Å². The number of aliphatic hydroxyl groups excluding tert-OH is 1. The van der Waals surface area contributed by atoms with Crippen LogP contribution in [0.25, 0.3) is 0 Å². The highest BCUT2D eigenvalue weighted by atomic mass is 32.2. The van der Waals surface area contributed by atoms with Gasteiger partial charge in [0, 0.05) is 17.8 Å². The van der Waals surface area contributed by atoms with Gasteiger partial charge in [0.15, 0.2) is 10.9 Å². The molecule has 0 rings (SSSR count). The maximum Gasteiger partial charge on any atom is 0.191 e. The summed E-state index contributed by atoms with van der Waals surface area (Å²) in [5.74, 6) is -0.0814. The summed E-state index contributed by atoms with van der Waals surface area (Å²) in [6, 6.07) is 0. The van der Waals surface area contributed by atoms with E-state index in [0.717, 1.165) is 12.0 Å². The molecule has 0 amide bonds. The standard InChI is InChI=1S/C19H32O3S/c1-7-16(19(22)23-6)12-15(5)18(21)10-9-13(3)11-14(4)17(20)8-2/h9-11,14-17,20H,7-8,12H2,1-6H3/b10-9+,13-11+/t14-,15+,16-,17+/m0/s1. The van der Waals surface area contributed by atoms with Crippen molar-refractivity contribution in [2.45, 2.75) is 60.0 Å². The molecular weight excluding hydrogens is 308 g/mol. The van der Waals surface area contributed by atoms with Crippen LogP contribution in [-0.2, 0) is 9.59 Å². The van der Waals surface area contributed by atoms with Gasteiger partial charge in [0.25, 0.3) is 0 Å². The molecule has 4 atom stereocenters. The average Bonchev–Trinajstić information content (AvgIpc) is 2.55. The SMILES string of the molecule is CC[C@@H](C[C@@H](C)C(=O)/C=C/C(C)=C/[C@H](C)[C@H](O)CC)C(=O)SC. The first kappa shape index (κ1) is 22.1. The molecule has 3 nitrogen and oxygen atoms in total. The van der Waals surface area contributed by atoms with Crippen LogP contribution in [0.15, 0.2) is 23.8 Å². The van der Waals surface area contributed by atoms with Gasteiger partial charge in [-0.05, 0) is 38.5 Å². The van der Waals surface area contributed by atoms with E-state index < -0.39 is 0 Å². The van der Waals surface area contributed by atoms with Crippen molar-refractivity contribution < 1.29 is 14.7 Å². The van der Waals surface area contributed by atoms with Crippen LogP contribution < -0.4 is 0 Å². The Bertz CT molecular complexity index is 440. The highest BCUT2D eigenvalue weighted by molar-refractivity contribution is 8.13. The van der Waals surface area contributed by atoms with Crippen molar-refractivity contribution in [2.75, 3.05) is 6.26 Å². The summed E-state index contributed by atoms with van der Waals surface area (Å²) in [6.07, 6.45) is 8.90. The normalized spacial score (nSPS) is 17.8. The summed E-state index contributed by atoms with van der Waals surface area (Å²) in [7, 11) is 0. The smallest absolute Gasteiger partial charge is 0.191 e. The second-order valence-electron chi connectivity index (χ2n) is 6.25. The van der Waals surface area contributed by atoms with E-state index >= 15 is 0 Å². The van der Waals surface area contributed by atoms with Crippen LogP contribution in [0.4, 0.5) is 0 Å². The third-order valence-electron chi connectivity index (χ3n) is 4.21. The third-order valence-corrected chi connectivity index (χ3v) is 4.95. The molecule has 4 heteroatoms. The monoisotopic (exact) mass is 340 g/mol. The Labute approximate surface area is 145 Å². The van der Waals surface area contributed by atoms with Gasteiger partial charge >= 0.3 is 0 Å². The Hall–Kier alpha value is -0.870. The van der Waals surface area contributed by atoms with Crippen LogP contribution in [0.1, 0.15) is 53.9 Å². The molecule has 0 unspecified atom stereocenters. The highest BCUT2D eigenvalue weighted by Crippen LogP contribution is 2.22. The molecule has 0 saturated carbocycles. The van der Waals surface area contributed by atoms with E-state index in [1.807, 2.05) is 40.7 Å². The molecule has 1 N–H and O–H groups in total. The van der Waals surface area contributed by atoms with Crippen LogP contribution in [0.3, 0.4) is 0 Å². The van der Waals surface area contributed by atoms with E-state index in [0.29, 0.717) is 12.8 Å². The molecule has 0 aromatic rings. The summed E-state index contributed by atoms with van der Waals surface area (Å²) in [6.45, 7) is 9.71. The van der Waals surface area contributed by atoms with Crippen LogP contribution >= 0.6 is 11.8 Å². The molecular formula is C19H32O3S. The molecule has 0 aliphatic rings. The van der Waals surface area contributed by atoms with Crippen LogP contribution in [-0.4, -0.2) is 28.4 Å². The maximum absolute atomic E-state index is 12.2. The Morgan fingerprint density at radius 3 is 2.22 bits per heavy atom. The van der Waals surface area contributed by atoms with Crippen LogP contribution in [0, 0.1) is 17.8 Å². The van der Waals surface area contributed by atoms with Crippen LogP contribution in [0.2, 0.25) is 0 Å². The van der Waals surface area contributed by atoms with Crippen molar-refractivity contribution in [3.05, 3.63) is 23.8 Å². The molecule has 0 aliphatic carbocycles. The summed E-state index contributed by atoms with van der Waals surface area (Å²) in [5, 5.41) is 9.93. The Balaban J connectivity index is 4.67. The molecule has 132 valence electrons. The number of hydrogen-bond acceptors (Lipinski definition) is 4. The predicted octanol–water partition coefficient (Wildman–Crippen LogP) is 4.41. The molecule has 0 aromatic heterocycles. The number of aliphatic hydroxyl groups is 1. The number of ketones is 1. The van der Waals surface area contributed by atoms with Crippen molar-refractivity contribution in [2.24, 2.45) is 17.8 Å². The van der Waals surface area contributed by atoms with E-state index in [9.17, 15) is 14.7 Å². The fourth-order valence-corrected chi connectivity index (χ4v) is 3.07. The van der Waals surface area contributed by atoms with Crippen molar-refractivity contribution in [1.82, 2.24) is 0 Å². The van der Waals surface area contributed by atoms with Crippen molar-refractivity contribution in [3.63, 3.8) is 0 Å². The minimum Gasteiger partial charge on any atom is -0.393 e. The lowest BCUT2D eigenvalue weighted by atomic mass is 9.91. The highest BCUT2D eigenvalue weighted by Gasteiger charge is 2.21. The molecule has 0 bridgehead atoms. The second-order valence-corrected chi connectivity index (χ2v) is 7.06. The third kappa shape index (κ3) is 8.52. The minimum atomic E-state index is -0.351. The summed E-state index contributed by atoms with van der Waals surface area (Å²) in [5.41, 5.74) is 0.970. The van der Waals surface area contributed by atoms with Gasteiger partial charge in [0.2, 0.25) is 0 Å². The zero-order valence-electron chi connectivity index (χ0n) is 15.3. The quantitative estimate of drug-likeness (QED) is 0.473. The van der Waals surface area contributed by atoms with Crippen molar-refractivity contribution in [1.29, 1.82) is 0 Å². The maximum atomic E-state index is 12.2. The lowest BCUT2D eigenvalue weighted by Gasteiger charge is -2.16. The van der Waals surface area contributed by atoms with Gasteiger partial charge < -0.3 is 5.11 Å². The topological polar surface area (TPSA) is 54.4 Å². The molecule has 0 aromatic carbocycles.